The molecule has 1 saturated heterocycles. The van der Waals surface area contributed by atoms with Gasteiger partial charge in [-0.25, -0.2) is 0 Å². The minimum Gasteiger partial charge on any atom is -0.481 e. The lowest BCUT2D eigenvalue weighted by Crippen LogP contribution is -2.56. The number of carbonyl (C=O) groups is 2. The van der Waals surface area contributed by atoms with Gasteiger partial charge in [-0.15, -0.1) is 11.8 Å². The van der Waals surface area contributed by atoms with Crippen molar-refractivity contribution in [2.45, 2.75) is 31.4 Å². The standard InChI is InChI=1S/C10H17NO4S/c1-3-6(10(14)15)7(12)5-11-8(13)4-9(11)16-2/h6,8-9,13H,3-5H2,1-2H3,(H,14,15). The summed E-state index contributed by atoms with van der Waals surface area (Å²) in [6.07, 6.45) is 2.23. The Morgan fingerprint density at radius 1 is 1.56 bits per heavy atom. The van der Waals surface area contributed by atoms with Gasteiger partial charge in [-0.3, -0.25) is 14.5 Å². The predicted octanol–water partition coefficient (Wildman–Crippen LogP) is 0.379. The number of rotatable bonds is 6. The fourth-order valence-corrected chi connectivity index (χ4v) is 2.62. The normalized spacial score (nSPS) is 27.2. The number of hydrogen-bond acceptors (Lipinski definition) is 5. The van der Waals surface area contributed by atoms with Crippen molar-refractivity contribution in [1.29, 1.82) is 0 Å². The van der Waals surface area contributed by atoms with Crippen molar-refractivity contribution >= 4 is 23.5 Å². The van der Waals surface area contributed by atoms with Crippen molar-refractivity contribution in [2.75, 3.05) is 12.8 Å². The van der Waals surface area contributed by atoms with Crippen molar-refractivity contribution in [1.82, 2.24) is 4.90 Å². The lowest BCUT2D eigenvalue weighted by Gasteiger charge is -2.44. The molecule has 0 aromatic rings. The van der Waals surface area contributed by atoms with E-state index in [1.54, 1.807) is 23.6 Å². The third-order valence-corrected chi connectivity index (χ3v) is 3.88. The molecule has 0 bridgehead atoms. The van der Waals surface area contributed by atoms with E-state index in [0.717, 1.165) is 0 Å². The number of hydrogen-bond donors (Lipinski definition) is 2. The van der Waals surface area contributed by atoms with E-state index in [0.29, 0.717) is 12.8 Å². The number of carboxylic acid groups (broad SMARTS) is 1. The zero-order valence-corrected chi connectivity index (χ0v) is 10.2. The van der Waals surface area contributed by atoms with Crippen molar-refractivity contribution in [3.63, 3.8) is 0 Å². The summed E-state index contributed by atoms with van der Waals surface area (Å²) in [6, 6.07) is 0. The molecule has 0 radical (unpaired) electrons. The summed E-state index contributed by atoms with van der Waals surface area (Å²) in [5.41, 5.74) is 0. The van der Waals surface area contributed by atoms with Gasteiger partial charge < -0.3 is 10.2 Å². The summed E-state index contributed by atoms with van der Waals surface area (Å²) in [5, 5.41) is 18.4. The molecule has 1 fully saturated rings. The van der Waals surface area contributed by atoms with Gasteiger partial charge >= 0.3 is 5.97 Å². The Labute approximate surface area is 98.8 Å². The number of likely N-dealkylation sites (tertiary alicyclic amines) is 1. The largest absolute Gasteiger partial charge is 0.481 e. The lowest BCUT2D eigenvalue weighted by molar-refractivity contribution is -0.150. The molecule has 92 valence electrons. The number of carbonyl (C=O) groups excluding carboxylic acids is 1. The minimum atomic E-state index is -1.08. The van der Waals surface area contributed by atoms with Gasteiger partial charge in [-0.1, -0.05) is 6.92 Å². The van der Waals surface area contributed by atoms with Gasteiger partial charge in [-0.05, 0) is 12.7 Å². The fraction of sp³-hybridized carbons (Fsp3) is 0.800. The maximum Gasteiger partial charge on any atom is 0.314 e. The van der Waals surface area contributed by atoms with Crippen LogP contribution in [0.15, 0.2) is 0 Å². The molecule has 3 unspecified atom stereocenters. The topological polar surface area (TPSA) is 77.8 Å². The van der Waals surface area contributed by atoms with Crippen LogP contribution in [-0.4, -0.2) is 51.3 Å². The maximum atomic E-state index is 11.7. The zero-order valence-electron chi connectivity index (χ0n) is 9.42. The SMILES string of the molecule is CCC(C(=O)O)C(=O)CN1C(O)CC1SC. The first-order valence-electron chi connectivity index (χ1n) is 5.23. The number of aliphatic hydroxyl groups is 1. The summed E-state index contributed by atoms with van der Waals surface area (Å²) in [7, 11) is 0. The highest BCUT2D eigenvalue weighted by Gasteiger charge is 2.39. The van der Waals surface area contributed by atoms with Gasteiger partial charge in [0.1, 0.15) is 12.1 Å². The van der Waals surface area contributed by atoms with Crippen molar-refractivity contribution < 1.29 is 19.8 Å². The molecule has 1 heterocycles. The highest BCUT2D eigenvalue weighted by molar-refractivity contribution is 7.99. The highest BCUT2D eigenvalue weighted by Crippen LogP contribution is 2.31. The van der Waals surface area contributed by atoms with Crippen molar-refractivity contribution in [3.8, 4) is 0 Å². The molecular weight excluding hydrogens is 230 g/mol. The van der Waals surface area contributed by atoms with Crippen LogP contribution >= 0.6 is 11.8 Å². The zero-order chi connectivity index (χ0) is 12.3. The first-order valence-corrected chi connectivity index (χ1v) is 6.52. The number of thioether (sulfide) groups is 1. The molecule has 6 heteroatoms. The number of carboxylic acids is 1. The van der Waals surface area contributed by atoms with E-state index in [-0.39, 0.29) is 17.7 Å². The number of aliphatic hydroxyl groups excluding tert-OH is 1. The first-order chi connectivity index (χ1) is 7.51. The summed E-state index contributed by atoms with van der Waals surface area (Å²) in [5.74, 6) is -2.36. The van der Waals surface area contributed by atoms with E-state index >= 15 is 0 Å². The van der Waals surface area contributed by atoms with Crippen LogP contribution in [0.1, 0.15) is 19.8 Å². The van der Waals surface area contributed by atoms with Crippen LogP contribution < -0.4 is 0 Å². The van der Waals surface area contributed by atoms with Crippen LogP contribution in [0, 0.1) is 5.92 Å². The second-order valence-electron chi connectivity index (χ2n) is 3.84. The Morgan fingerprint density at radius 3 is 2.56 bits per heavy atom. The number of aliphatic carboxylic acids is 1. The Balaban J connectivity index is 2.53. The highest BCUT2D eigenvalue weighted by atomic mass is 32.2. The number of Topliss-reactive ketones (excluding diaryl/α,β-unsaturated/α-hetero) is 1. The summed E-state index contributed by atoms with van der Waals surface area (Å²) in [4.78, 5) is 24.1. The molecule has 0 saturated carbocycles. The molecule has 16 heavy (non-hydrogen) atoms. The van der Waals surface area contributed by atoms with Crippen molar-refractivity contribution in [3.05, 3.63) is 0 Å². The van der Waals surface area contributed by atoms with Crippen LogP contribution in [0.5, 0.6) is 0 Å². The summed E-state index contributed by atoms with van der Waals surface area (Å²) in [6.45, 7) is 1.70. The Kier molecular flexibility index (Phi) is 4.76. The molecule has 1 aliphatic rings. The van der Waals surface area contributed by atoms with Crippen molar-refractivity contribution in [2.24, 2.45) is 5.92 Å². The molecule has 1 rings (SSSR count). The van der Waals surface area contributed by atoms with Gasteiger partial charge in [0.2, 0.25) is 0 Å². The van der Waals surface area contributed by atoms with Crippen LogP contribution in [0.4, 0.5) is 0 Å². The second-order valence-corrected chi connectivity index (χ2v) is 4.86. The number of nitrogens with zero attached hydrogens (tertiary/aromatic N) is 1. The quantitative estimate of drug-likeness (QED) is 0.661. The average Bonchev–Trinajstić information content (AvgIpc) is 2.22. The summed E-state index contributed by atoms with van der Waals surface area (Å²) < 4.78 is 0. The molecule has 0 aromatic heterocycles. The molecule has 3 atom stereocenters. The van der Waals surface area contributed by atoms with Gasteiger partial charge in [0.25, 0.3) is 0 Å². The third-order valence-electron chi connectivity index (χ3n) is 2.87. The van der Waals surface area contributed by atoms with Crippen LogP contribution in [0.2, 0.25) is 0 Å². The van der Waals surface area contributed by atoms with Gasteiger partial charge in [0.15, 0.2) is 5.78 Å². The molecule has 2 N–H and O–H groups in total. The smallest absolute Gasteiger partial charge is 0.314 e. The molecule has 0 aliphatic carbocycles. The van der Waals surface area contributed by atoms with E-state index in [9.17, 15) is 14.7 Å². The lowest BCUT2D eigenvalue weighted by atomic mass is 9.99. The monoisotopic (exact) mass is 247 g/mol. The van der Waals surface area contributed by atoms with Crippen LogP contribution in [0.3, 0.4) is 0 Å². The number of ketones is 1. The minimum absolute atomic E-state index is 0.0253. The third kappa shape index (κ3) is 2.75. The van der Waals surface area contributed by atoms with Crippen LogP contribution in [-0.2, 0) is 9.59 Å². The molecule has 0 amide bonds. The van der Waals surface area contributed by atoms with Gasteiger partial charge in [0.05, 0.1) is 11.9 Å². The van der Waals surface area contributed by atoms with Crippen LogP contribution in [0.25, 0.3) is 0 Å². The fourth-order valence-electron chi connectivity index (χ4n) is 1.77. The van der Waals surface area contributed by atoms with E-state index in [2.05, 4.69) is 0 Å². The predicted molar refractivity (Wildman–Crippen MR) is 61.1 cm³/mol. The van der Waals surface area contributed by atoms with Gasteiger partial charge in [-0.2, -0.15) is 0 Å². The van der Waals surface area contributed by atoms with E-state index in [4.69, 9.17) is 5.11 Å². The molecule has 0 spiro atoms. The average molecular weight is 247 g/mol. The van der Waals surface area contributed by atoms with E-state index in [1.165, 1.54) is 0 Å². The Hall–Kier alpha value is -0.590. The molecule has 5 nitrogen and oxygen atoms in total. The second kappa shape index (κ2) is 5.65. The van der Waals surface area contributed by atoms with Gasteiger partial charge in [0, 0.05) is 6.42 Å². The van der Waals surface area contributed by atoms with E-state index in [1.807, 2.05) is 6.26 Å². The van der Waals surface area contributed by atoms with E-state index < -0.39 is 18.1 Å². The molecular formula is C10H17NO4S. The maximum absolute atomic E-state index is 11.7. The molecule has 0 aromatic carbocycles. The molecule has 1 aliphatic heterocycles. The Bertz CT molecular complexity index is 284. The first kappa shape index (κ1) is 13.5. The Morgan fingerprint density at radius 2 is 2.19 bits per heavy atom. The summed E-state index contributed by atoms with van der Waals surface area (Å²) >= 11 is 1.56.